The topological polar surface area (TPSA) is 76.3 Å². The van der Waals surface area contributed by atoms with E-state index in [0.717, 1.165) is 23.3 Å². The Hall–Kier alpha value is -2.65. The van der Waals surface area contributed by atoms with Crippen molar-refractivity contribution in [3.8, 4) is 11.5 Å². The van der Waals surface area contributed by atoms with Crippen LogP contribution in [0.2, 0.25) is 0 Å². The fraction of sp³-hybridized carbons (Fsp3) is 0.300. The standard InChI is InChI=1S/C20H19F2N3O3S/c1-13-2-4-15(5-3-13)20-23-19(24-28-20)14-8-10-25(11-9-14)29(26,27)18-7-6-16(21)12-17(18)22/h2-7,12,14H,8-11H2,1H3. The van der Waals surface area contributed by atoms with Gasteiger partial charge in [0.1, 0.15) is 16.5 Å². The normalized spacial score (nSPS) is 16.2. The molecule has 0 saturated carbocycles. The van der Waals surface area contributed by atoms with Crippen LogP contribution in [0.4, 0.5) is 8.78 Å². The SMILES string of the molecule is Cc1ccc(-c2nc(C3CCN(S(=O)(=O)c4ccc(F)cc4F)CC3)no2)cc1. The van der Waals surface area contributed by atoms with Crippen LogP contribution in [0.5, 0.6) is 0 Å². The van der Waals surface area contributed by atoms with E-state index in [1.807, 2.05) is 31.2 Å². The van der Waals surface area contributed by atoms with Crippen molar-refractivity contribution in [1.29, 1.82) is 0 Å². The first-order valence-electron chi connectivity index (χ1n) is 9.20. The van der Waals surface area contributed by atoms with Crippen LogP contribution in [-0.2, 0) is 10.0 Å². The molecule has 1 saturated heterocycles. The van der Waals surface area contributed by atoms with Crippen LogP contribution in [0, 0.1) is 18.6 Å². The van der Waals surface area contributed by atoms with Gasteiger partial charge in [0.05, 0.1) is 0 Å². The minimum atomic E-state index is -4.03. The average Bonchev–Trinajstić information content (AvgIpc) is 3.18. The number of aromatic nitrogens is 2. The van der Waals surface area contributed by atoms with E-state index < -0.39 is 26.6 Å². The van der Waals surface area contributed by atoms with Gasteiger partial charge in [-0.3, -0.25) is 0 Å². The van der Waals surface area contributed by atoms with E-state index in [9.17, 15) is 17.2 Å². The van der Waals surface area contributed by atoms with E-state index in [4.69, 9.17) is 4.52 Å². The van der Waals surface area contributed by atoms with Crippen LogP contribution >= 0.6 is 0 Å². The zero-order chi connectivity index (χ0) is 20.6. The second-order valence-electron chi connectivity index (χ2n) is 7.08. The predicted molar refractivity (Wildman–Crippen MR) is 102 cm³/mol. The fourth-order valence-corrected chi connectivity index (χ4v) is 4.91. The minimum absolute atomic E-state index is 0.0533. The van der Waals surface area contributed by atoms with Crippen LogP contribution in [0.3, 0.4) is 0 Å². The van der Waals surface area contributed by atoms with Gasteiger partial charge >= 0.3 is 0 Å². The van der Waals surface area contributed by atoms with Crippen molar-refractivity contribution in [3.63, 3.8) is 0 Å². The highest BCUT2D eigenvalue weighted by Crippen LogP contribution is 2.31. The first kappa shape index (κ1) is 19.7. The largest absolute Gasteiger partial charge is 0.334 e. The molecule has 0 amide bonds. The van der Waals surface area contributed by atoms with Crippen LogP contribution in [-0.4, -0.2) is 36.0 Å². The van der Waals surface area contributed by atoms with Crippen molar-refractivity contribution in [2.75, 3.05) is 13.1 Å². The van der Waals surface area contributed by atoms with Gasteiger partial charge in [-0.25, -0.2) is 17.2 Å². The van der Waals surface area contributed by atoms with Gasteiger partial charge in [0.15, 0.2) is 5.82 Å². The molecule has 1 aliphatic rings. The lowest BCUT2D eigenvalue weighted by atomic mass is 9.97. The van der Waals surface area contributed by atoms with Gasteiger partial charge in [-0.05, 0) is 44.0 Å². The lowest BCUT2D eigenvalue weighted by molar-refractivity contribution is 0.306. The van der Waals surface area contributed by atoms with Crippen molar-refractivity contribution in [3.05, 3.63) is 65.5 Å². The van der Waals surface area contributed by atoms with E-state index in [-0.39, 0.29) is 19.0 Å². The van der Waals surface area contributed by atoms with Crippen molar-refractivity contribution < 1.29 is 21.7 Å². The van der Waals surface area contributed by atoms with Gasteiger partial charge in [0.25, 0.3) is 5.89 Å². The summed E-state index contributed by atoms with van der Waals surface area (Å²) in [5.74, 6) is -1.01. The quantitative estimate of drug-likeness (QED) is 0.641. The monoisotopic (exact) mass is 419 g/mol. The molecule has 1 aromatic heterocycles. The summed E-state index contributed by atoms with van der Waals surface area (Å²) in [5, 5.41) is 4.05. The first-order chi connectivity index (χ1) is 13.8. The molecule has 4 rings (SSSR count). The summed E-state index contributed by atoms with van der Waals surface area (Å²) >= 11 is 0. The number of hydrogen-bond acceptors (Lipinski definition) is 5. The van der Waals surface area contributed by atoms with Gasteiger partial charge < -0.3 is 4.52 Å². The second kappa shape index (κ2) is 7.64. The van der Waals surface area contributed by atoms with E-state index in [1.54, 1.807) is 0 Å². The molecule has 0 aliphatic carbocycles. The number of hydrogen-bond donors (Lipinski definition) is 0. The maximum atomic E-state index is 14.0. The summed E-state index contributed by atoms with van der Waals surface area (Å²) in [6, 6.07) is 10.2. The predicted octanol–water partition coefficient (Wildman–Crippen LogP) is 3.89. The van der Waals surface area contributed by atoms with Gasteiger partial charge in [-0.2, -0.15) is 9.29 Å². The third kappa shape index (κ3) is 3.92. The van der Waals surface area contributed by atoms with E-state index in [0.29, 0.717) is 30.6 Å². The Morgan fingerprint density at radius 3 is 2.41 bits per heavy atom. The van der Waals surface area contributed by atoms with Gasteiger partial charge in [-0.1, -0.05) is 22.9 Å². The molecule has 0 N–H and O–H groups in total. The summed E-state index contributed by atoms with van der Waals surface area (Å²) < 4.78 is 59.0. The maximum Gasteiger partial charge on any atom is 0.257 e. The van der Waals surface area contributed by atoms with E-state index in [1.165, 1.54) is 4.31 Å². The lowest BCUT2D eigenvalue weighted by Gasteiger charge is -2.29. The Bertz CT molecular complexity index is 1120. The molecule has 6 nitrogen and oxygen atoms in total. The van der Waals surface area contributed by atoms with E-state index >= 15 is 0 Å². The third-order valence-electron chi connectivity index (χ3n) is 5.07. The zero-order valence-corrected chi connectivity index (χ0v) is 16.5. The Kier molecular flexibility index (Phi) is 5.18. The summed E-state index contributed by atoms with van der Waals surface area (Å²) in [6.45, 7) is 2.37. The molecular weight excluding hydrogens is 400 g/mol. The Balaban J connectivity index is 1.46. The highest BCUT2D eigenvalue weighted by atomic mass is 32.2. The Labute approximate surface area is 167 Å². The highest BCUT2D eigenvalue weighted by molar-refractivity contribution is 7.89. The molecule has 0 unspecified atom stereocenters. The molecule has 2 heterocycles. The second-order valence-corrected chi connectivity index (χ2v) is 8.98. The van der Waals surface area contributed by atoms with Crippen molar-refractivity contribution in [1.82, 2.24) is 14.4 Å². The molecule has 0 spiro atoms. The molecule has 29 heavy (non-hydrogen) atoms. The summed E-state index contributed by atoms with van der Waals surface area (Å²) in [6.07, 6.45) is 0.962. The zero-order valence-electron chi connectivity index (χ0n) is 15.7. The van der Waals surface area contributed by atoms with Crippen LogP contribution in [0.15, 0.2) is 51.9 Å². The molecule has 2 aromatic carbocycles. The van der Waals surface area contributed by atoms with E-state index in [2.05, 4.69) is 10.1 Å². The third-order valence-corrected chi connectivity index (χ3v) is 7.00. The summed E-state index contributed by atoms with van der Waals surface area (Å²) in [5.41, 5.74) is 1.95. The molecule has 0 bridgehead atoms. The molecule has 1 aliphatic heterocycles. The molecule has 0 atom stereocenters. The van der Waals surface area contributed by atoms with Crippen molar-refractivity contribution in [2.45, 2.75) is 30.6 Å². The number of nitrogens with zero attached hydrogens (tertiary/aromatic N) is 3. The number of benzene rings is 2. The van der Waals surface area contributed by atoms with Crippen LogP contribution in [0.1, 0.15) is 30.1 Å². The lowest BCUT2D eigenvalue weighted by Crippen LogP contribution is -2.38. The maximum absolute atomic E-state index is 14.0. The number of rotatable bonds is 4. The Morgan fingerprint density at radius 2 is 1.76 bits per heavy atom. The molecule has 3 aromatic rings. The van der Waals surface area contributed by atoms with Gasteiger partial charge in [0, 0.05) is 30.6 Å². The van der Waals surface area contributed by atoms with Crippen LogP contribution in [0.25, 0.3) is 11.5 Å². The highest BCUT2D eigenvalue weighted by Gasteiger charge is 2.33. The van der Waals surface area contributed by atoms with Crippen molar-refractivity contribution >= 4 is 10.0 Å². The molecule has 9 heteroatoms. The number of sulfonamides is 1. The molecular formula is C20H19F2N3O3S. The summed E-state index contributed by atoms with van der Waals surface area (Å²) in [4.78, 5) is 3.94. The average molecular weight is 419 g/mol. The minimum Gasteiger partial charge on any atom is -0.334 e. The van der Waals surface area contributed by atoms with Crippen LogP contribution < -0.4 is 0 Å². The number of aryl methyl sites for hydroxylation is 1. The van der Waals surface area contributed by atoms with Gasteiger partial charge in [0.2, 0.25) is 10.0 Å². The number of halogens is 2. The van der Waals surface area contributed by atoms with Gasteiger partial charge in [-0.15, -0.1) is 0 Å². The van der Waals surface area contributed by atoms with Crippen molar-refractivity contribution in [2.24, 2.45) is 0 Å². The first-order valence-corrected chi connectivity index (χ1v) is 10.6. The fourth-order valence-electron chi connectivity index (χ4n) is 3.39. The Morgan fingerprint density at radius 1 is 1.07 bits per heavy atom. The summed E-state index contributed by atoms with van der Waals surface area (Å²) in [7, 11) is -4.03. The molecule has 1 fully saturated rings. The molecule has 0 radical (unpaired) electrons. The smallest absolute Gasteiger partial charge is 0.257 e. The molecule has 152 valence electrons. The number of piperidine rings is 1.